The minimum absolute atomic E-state index is 0.113. The lowest BCUT2D eigenvalue weighted by molar-refractivity contribution is -0.387. The highest BCUT2D eigenvalue weighted by Crippen LogP contribution is 2.40. The molecule has 0 atom stereocenters. The lowest BCUT2D eigenvalue weighted by atomic mass is 10.2. The summed E-state index contributed by atoms with van der Waals surface area (Å²) in [4.78, 5) is 21.3. The van der Waals surface area contributed by atoms with Crippen LogP contribution >= 0.6 is 39.3 Å². The second-order valence-corrected chi connectivity index (χ2v) is 9.30. The van der Waals surface area contributed by atoms with Crippen LogP contribution in [0.15, 0.2) is 57.9 Å². The molecule has 0 saturated heterocycles. The van der Waals surface area contributed by atoms with E-state index in [1.807, 2.05) is 32.0 Å². The van der Waals surface area contributed by atoms with Crippen LogP contribution in [0.3, 0.4) is 0 Å². The van der Waals surface area contributed by atoms with Gasteiger partial charge in [0.25, 0.3) is 11.4 Å². The molecule has 1 heterocycles. The number of ether oxygens (including phenoxy) is 2. The zero-order valence-electron chi connectivity index (χ0n) is 17.5. The molecule has 172 valence electrons. The molecule has 1 aliphatic rings. The van der Waals surface area contributed by atoms with Crippen LogP contribution in [0.1, 0.15) is 16.7 Å². The number of thioether (sulfide) groups is 1. The van der Waals surface area contributed by atoms with Crippen molar-refractivity contribution in [3.05, 3.63) is 94.9 Å². The van der Waals surface area contributed by atoms with E-state index >= 15 is 0 Å². The summed E-state index contributed by atoms with van der Waals surface area (Å²) < 4.78 is 11.1. The van der Waals surface area contributed by atoms with Gasteiger partial charge in [-0.05, 0) is 64.7 Å². The molecule has 11 heteroatoms. The molecular formula is C22H18BrClN2O6S. The van der Waals surface area contributed by atoms with Gasteiger partial charge in [-0.2, -0.15) is 0 Å². The van der Waals surface area contributed by atoms with Crippen molar-refractivity contribution < 1.29 is 19.3 Å². The third-order valence-electron chi connectivity index (χ3n) is 4.53. The van der Waals surface area contributed by atoms with E-state index in [1.165, 1.54) is 17.8 Å². The maximum absolute atomic E-state index is 11.1. The van der Waals surface area contributed by atoms with Crippen LogP contribution < -0.4 is 9.47 Å². The molecule has 0 amide bonds. The average Bonchev–Trinajstić information content (AvgIpc) is 3.21. The van der Waals surface area contributed by atoms with Crippen LogP contribution in [0.2, 0.25) is 5.02 Å². The van der Waals surface area contributed by atoms with E-state index in [-0.39, 0.29) is 23.1 Å². The molecule has 0 unspecified atom stereocenters. The summed E-state index contributed by atoms with van der Waals surface area (Å²) in [7, 11) is 0. The van der Waals surface area contributed by atoms with Gasteiger partial charge in [-0.1, -0.05) is 23.7 Å². The van der Waals surface area contributed by atoms with Gasteiger partial charge in [0.15, 0.2) is 11.5 Å². The zero-order chi connectivity index (χ0) is 24.1. The number of fused-ring (bicyclic) bond motifs is 1. The molecule has 0 spiro atoms. The third-order valence-corrected chi connectivity index (χ3v) is 6.67. The molecular weight excluding hydrogens is 536 g/mol. The number of hydrogen-bond donors (Lipinski definition) is 0. The van der Waals surface area contributed by atoms with Crippen molar-refractivity contribution >= 4 is 50.7 Å². The second-order valence-electron chi connectivity index (χ2n) is 7.03. The number of hydrogen-bond acceptors (Lipinski definition) is 7. The van der Waals surface area contributed by atoms with E-state index < -0.39 is 4.92 Å². The molecule has 0 aliphatic carbocycles. The predicted octanol–water partition coefficient (Wildman–Crippen LogP) is 7.24. The summed E-state index contributed by atoms with van der Waals surface area (Å²) in [5, 5.41) is 22.0. The standard InChI is InChI=1S/C15H12ClNO4S.C7H6BrNO2/c1-9-2-3-15(12(4-9)17(18)19)22-7-10-5-13-14(6-11(10)16)21-8-20-13;1-5-2-3-6(8)7(4-5)9(10)11/h2-6H,7-8H2,1H3;2-4H,1H3. The highest BCUT2D eigenvalue weighted by molar-refractivity contribution is 9.10. The zero-order valence-corrected chi connectivity index (χ0v) is 20.7. The summed E-state index contributed by atoms with van der Waals surface area (Å²) in [6, 6.07) is 13.7. The van der Waals surface area contributed by atoms with Crippen molar-refractivity contribution in [3.63, 3.8) is 0 Å². The summed E-state index contributed by atoms with van der Waals surface area (Å²) in [6.07, 6.45) is 0. The van der Waals surface area contributed by atoms with Gasteiger partial charge in [0, 0.05) is 29.0 Å². The van der Waals surface area contributed by atoms with Gasteiger partial charge >= 0.3 is 0 Å². The molecule has 0 saturated carbocycles. The van der Waals surface area contributed by atoms with Crippen LogP contribution in [-0.2, 0) is 5.75 Å². The Labute approximate surface area is 207 Å². The molecule has 0 bridgehead atoms. The maximum atomic E-state index is 11.1. The third kappa shape index (κ3) is 6.37. The average molecular weight is 554 g/mol. The van der Waals surface area contributed by atoms with Crippen LogP contribution in [0.5, 0.6) is 11.5 Å². The van der Waals surface area contributed by atoms with Gasteiger partial charge in [0.2, 0.25) is 6.79 Å². The fourth-order valence-corrected chi connectivity index (χ4v) is 4.57. The van der Waals surface area contributed by atoms with Crippen molar-refractivity contribution in [1.29, 1.82) is 0 Å². The SMILES string of the molecule is Cc1ccc(Br)c([N+](=O)[O-])c1.Cc1ccc(SCc2cc3c(cc2Cl)OCO3)c([N+](=O)[O-])c1. The lowest BCUT2D eigenvalue weighted by Crippen LogP contribution is -1.93. The second kappa shape index (κ2) is 10.9. The van der Waals surface area contributed by atoms with E-state index in [4.69, 9.17) is 21.1 Å². The molecule has 4 rings (SSSR count). The highest BCUT2D eigenvalue weighted by atomic mass is 79.9. The number of nitrogens with zero attached hydrogens (tertiary/aromatic N) is 2. The van der Waals surface area contributed by atoms with E-state index in [1.54, 1.807) is 24.3 Å². The Bertz CT molecular complexity index is 1220. The first-order chi connectivity index (χ1) is 15.7. The molecule has 0 fully saturated rings. The Morgan fingerprint density at radius 3 is 2.12 bits per heavy atom. The van der Waals surface area contributed by atoms with Crippen LogP contribution in [0, 0.1) is 34.1 Å². The van der Waals surface area contributed by atoms with Crippen LogP contribution in [0.4, 0.5) is 11.4 Å². The first-order valence-corrected chi connectivity index (χ1v) is 11.7. The summed E-state index contributed by atoms with van der Waals surface area (Å²) >= 11 is 10.7. The van der Waals surface area contributed by atoms with E-state index in [2.05, 4.69) is 15.9 Å². The summed E-state index contributed by atoms with van der Waals surface area (Å²) in [5.74, 6) is 1.79. The van der Waals surface area contributed by atoms with Crippen molar-refractivity contribution in [1.82, 2.24) is 0 Å². The largest absolute Gasteiger partial charge is 0.454 e. The van der Waals surface area contributed by atoms with Gasteiger partial charge < -0.3 is 9.47 Å². The fourth-order valence-electron chi connectivity index (χ4n) is 2.88. The minimum atomic E-state index is -0.406. The molecule has 3 aromatic carbocycles. The normalized spacial score (nSPS) is 11.5. The molecule has 8 nitrogen and oxygen atoms in total. The lowest BCUT2D eigenvalue weighted by Gasteiger charge is -2.07. The van der Waals surface area contributed by atoms with E-state index in [0.29, 0.717) is 31.6 Å². The van der Waals surface area contributed by atoms with Crippen molar-refractivity contribution in [3.8, 4) is 11.5 Å². The highest BCUT2D eigenvalue weighted by Gasteiger charge is 2.18. The minimum Gasteiger partial charge on any atom is -0.454 e. The summed E-state index contributed by atoms with van der Waals surface area (Å²) in [6.45, 7) is 3.83. The molecule has 3 aromatic rings. The van der Waals surface area contributed by atoms with Crippen molar-refractivity contribution in [2.24, 2.45) is 0 Å². The van der Waals surface area contributed by atoms with Gasteiger partial charge in [0.05, 0.1) is 19.2 Å². The summed E-state index contributed by atoms with van der Waals surface area (Å²) in [5.41, 5.74) is 2.83. The molecule has 0 radical (unpaired) electrons. The predicted molar refractivity (Wildman–Crippen MR) is 131 cm³/mol. The van der Waals surface area contributed by atoms with E-state index in [9.17, 15) is 20.2 Å². The van der Waals surface area contributed by atoms with E-state index in [0.717, 1.165) is 16.7 Å². The maximum Gasteiger partial charge on any atom is 0.283 e. The monoisotopic (exact) mass is 552 g/mol. The first kappa shape index (κ1) is 24.8. The number of halogens is 2. The van der Waals surface area contributed by atoms with Crippen LogP contribution in [-0.4, -0.2) is 16.6 Å². The molecule has 1 aliphatic heterocycles. The number of rotatable bonds is 5. The van der Waals surface area contributed by atoms with Crippen molar-refractivity contribution in [2.45, 2.75) is 24.5 Å². The Morgan fingerprint density at radius 1 is 0.939 bits per heavy atom. The first-order valence-electron chi connectivity index (χ1n) is 9.52. The van der Waals surface area contributed by atoms with Crippen LogP contribution in [0.25, 0.3) is 0 Å². The number of nitro benzene ring substituents is 2. The smallest absolute Gasteiger partial charge is 0.283 e. The molecule has 0 N–H and O–H groups in total. The Morgan fingerprint density at radius 2 is 1.52 bits per heavy atom. The number of benzene rings is 3. The number of nitro groups is 2. The Balaban J connectivity index is 0.000000235. The van der Waals surface area contributed by atoms with Gasteiger partial charge in [0.1, 0.15) is 0 Å². The van der Waals surface area contributed by atoms with Gasteiger partial charge in [-0.15, -0.1) is 11.8 Å². The van der Waals surface area contributed by atoms with Gasteiger partial charge in [-0.3, -0.25) is 20.2 Å². The molecule has 33 heavy (non-hydrogen) atoms. The topological polar surface area (TPSA) is 105 Å². The van der Waals surface area contributed by atoms with Gasteiger partial charge in [-0.25, -0.2) is 0 Å². The Hall–Kier alpha value is -2.82. The number of aryl methyl sites for hydroxylation is 2. The molecule has 0 aromatic heterocycles. The Kier molecular flexibility index (Phi) is 8.17. The fraction of sp³-hybridized carbons (Fsp3) is 0.182. The van der Waals surface area contributed by atoms with Crippen molar-refractivity contribution in [2.75, 3.05) is 6.79 Å². The quantitative estimate of drug-likeness (QED) is 0.186.